The summed E-state index contributed by atoms with van der Waals surface area (Å²) in [7, 11) is 0. The fraction of sp³-hybridized carbons (Fsp3) is 0.455. The van der Waals surface area contributed by atoms with Crippen molar-refractivity contribution in [2.75, 3.05) is 19.7 Å². The van der Waals surface area contributed by atoms with Gasteiger partial charge in [-0.25, -0.2) is 0 Å². The highest BCUT2D eigenvalue weighted by molar-refractivity contribution is 7.10. The maximum Gasteiger partial charge on any atom is 0.242 e. The molecular weight excluding hydrogens is 408 g/mol. The minimum absolute atomic E-state index is 0.0294. The van der Waals surface area contributed by atoms with E-state index >= 15 is 0 Å². The average molecular weight is 435 g/mol. The van der Waals surface area contributed by atoms with Crippen LogP contribution in [0.3, 0.4) is 0 Å². The Bertz CT molecular complexity index is 852. The van der Waals surface area contributed by atoms with Crippen LogP contribution in [-0.2, 0) is 16.0 Å². The number of carbonyl (C=O) groups is 2. The van der Waals surface area contributed by atoms with E-state index in [-0.39, 0.29) is 30.4 Å². The first-order valence-corrected chi connectivity index (χ1v) is 11.2. The highest BCUT2D eigenvalue weighted by atomic mass is 35.5. The number of thiophene rings is 1. The van der Waals surface area contributed by atoms with E-state index in [4.69, 9.17) is 16.3 Å². The van der Waals surface area contributed by atoms with Crippen molar-refractivity contribution in [2.45, 2.75) is 45.7 Å². The molecule has 1 aromatic heterocycles. The van der Waals surface area contributed by atoms with Crippen LogP contribution in [0.5, 0.6) is 5.75 Å². The molecule has 2 atom stereocenters. The summed E-state index contributed by atoms with van der Waals surface area (Å²) >= 11 is 7.67. The van der Waals surface area contributed by atoms with Crippen LogP contribution in [0.2, 0.25) is 5.02 Å². The number of fused-ring (bicyclic) bond motifs is 1. The van der Waals surface area contributed by atoms with E-state index < -0.39 is 0 Å². The molecule has 2 aromatic rings. The van der Waals surface area contributed by atoms with Crippen LogP contribution in [0.1, 0.15) is 43.7 Å². The Kier molecular flexibility index (Phi) is 7.19. The van der Waals surface area contributed by atoms with Gasteiger partial charge in [0.15, 0.2) is 0 Å². The molecular formula is C22H27ClN2O3S. The average Bonchev–Trinajstić information content (AvgIpc) is 3.19. The Morgan fingerprint density at radius 3 is 2.69 bits per heavy atom. The van der Waals surface area contributed by atoms with Crippen LogP contribution in [0.4, 0.5) is 0 Å². The van der Waals surface area contributed by atoms with Gasteiger partial charge in [-0.1, -0.05) is 18.5 Å². The molecule has 1 aromatic carbocycles. The molecule has 1 aliphatic heterocycles. The second-order valence-electron chi connectivity index (χ2n) is 7.32. The van der Waals surface area contributed by atoms with Gasteiger partial charge < -0.3 is 14.5 Å². The van der Waals surface area contributed by atoms with Gasteiger partial charge in [-0.3, -0.25) is 9.59 Å². The Morgan fingerprint density at radius 1 is 1.31 bits per heavy atom. The topological polar surface area (TPSA) is 49.9 Å². The molecule has 156 valence electrons. The van der Waals surface area contributed by atoms with Crippen LogP contribution in [-0.4, -0.2) is 47.4 Å². The third-order valence-corrected chi connectivity index (χ3v) is 6.72. The van der Waals surface area contributed by atoms with Crippen LogP contribution in [0.25, 0.3) is 0 Å². The van der Waals surface area contributed by atoms with E-state index in [1.165, 1.54) is 11.8 Å². The van der Waals surface area contributed by atoms with Crippen molar-refractivity contribution >= 4 is 34.8 Å². The molecule has 0 fully saturated rings. The van der Waals surface area contributed by atoms with Gasteiger partial charge in [-0.15, -0.1) is 11.3 Å². The van der Waals surface area contributed by atoms with Gasteiger partial charge in [0.05, 0.1) is 12.6 Å². The zero-order valence-electron chi connectivity index (χ0n) is 17.1. The van der Waals surface area contributed by atoms with Crippen LogP contribution in [0.15, 0.2) is 35.7 Å². The Balaban J connectivity index is 1.77. The molecule has 0 saturated heterocycles. The smallest absolute Gasteiger partial charge is 0.242 e. The molecule has 2 heterocycles. The predicted octanol–water partition coefficient (Wildman–Crippen LogP) is 4.55. The van der Waals surface area contributed by atoms with Crippen LogP contribution in [0, 0.1) is 0 Å². The first-order valence-electron chi connectivity index (χ1n) is 9.92. The summed E-state index contributed by atoms with van der Waals surface area (Å²) in [6.45, 7) is 6.61. The number of halogens is 1. The molecule has 3 rings (SSSR count). The van der Waals surface area contributed by atoms with Gasteiger partial charge in [0, 0.05) is 29.4 Å². The largest absolute Gasteiger partial charge is 0.491 e. The van der Waals surface area contributed by atoms with Crippen molar-refractivity contribution in [3.63, 3.8) is 0 Å². The van der Waals surface area contributed by atoms with Gasteiger partial charge in [-0.05, 0) is 61.0 Å². The number of hydrogen-bond acceptors (Lipinski definition) is 4. The molecule has 29 heavy (non-hydrogen) atoms. The monoisotopic (exact) mass is 434 g/mol. The summed E-state index contributed by atoms with van der Waals surface area (Å²) in [6, 6.07) is 9.16. The lowest BCUT2D eigenvalue weighted by atomic mass is 10.00. The van der Waals surface area contributed by atoms with Crippen molar-refractivity contribution in [3.8, 4) is 5.75 Å². The number of benzene rings is 1. The highest BCUT2D eigenvalue weighted by Gasteiger charge is 2.33. The minimum atomic E-state index is -0.168. The van der Waals surface area contributed by atoms with Crippen molar-refractivity contribution < 1.29 is 14.3 Å². The number of ether oxygens (including phenoxy) is 1. The van der Waals surface area contributed by atoms with Crippen molar-refractivity contribution in [1.82, 2.24) is 9.80 Å². The van der Waals surface area contributed by atoms with Crippen molar-refractivity contribution in [2.24, 2.45) is 0 Å². The number of carbonyl (C=O) groups excluding carboxylic acids is 2. The summed E-state index contributed by atoms with van der Waals surface area (Å²) < 4.78 is 6.00. The molecule has 0 aliphatic carbocycles. The molecule has 0 saturated carbocycles. The molecule has 7 heteroatoms. The zero-order valence-corrected chi connectivity index (χ0v) is 18.6. The molecule has 2 unspecified atom stereocenters. The quantitative estimate of drug-likeness (QED) is 0.642. The molecule has 0 N–H and O–H groups in total. The van der Waals surface area contributed by atoms with Gasteiger partial charge in [0.25, 0.3) is 0 Å². The lowest BCUT2D eigenvalue weighted by Crippen LogP contribution is -2.49. The molecule has 1 aliphatic rings. The van der Waals surface area contributed by atoms with Gasteiger partial charge in [0.1, 0.15) is 12.4 Å². The Hall–Kier alpha value is -2.05. The summed E-state index contributed by atoms with van der Waals surface area (Å²) in [6.07, 6.45) is 1.64. The number of rotatable bonds is 7. The third-order valence-electron chi connectivity index (χ3n) is 5.47. The summed E-state index contributed by atoms with van der Waals surface area (Å²) in [5.41, 5.74) is 1.14. The summed E-state index contributed by atoms with van der Waals surface area (Å²) in [4.78, 5) is 30.1. The summed E-state index contributed by atoms with van der Waals surface area (Å²) in [5.74, 6) is 0.603. The fourth-order valence-electron chi connectivity index (χ4n) is 3.62. The van der Waals surface area contributed by atoms with Crippen molar-refractivity contribution in [1.29, 1.82) is 0 Å². The molecule has 0 bridgehead atoms. The van der Waals surface area contributed by atoms with E-state index in [1.54, 1.807) is 28.4 Å². The molecule has 5 nitrogen and oxygen atoms in total. The third kappa shape index (κ3) is 5.11. The fourth-order valence-corrected chi connectivity index (χ4v) is 4.67. The van der Waals surface area contributed by atoms with Gasteiger partial charge >= 0.3 is 0 Å². The van der Waals surface area contributed by atoms with E-state index in [2.05, 4.69) is 11.4 Å². The second kappa shape index (κ2) is 9.63. The van der Waals surface area contributed by atoms with E-state index in [9.17, 15) is 9.59 Å². The first kappa shape index (κ1) is 21.7. The van der Waals surface area contributed by atoms with E-state index in [0.29, 0.717) is 23.9 Å². The maximum atomic E-state index is 13.2. The Labute approximate surface area is 181 Å². The van der Waals surface area contributed by atoms with Crippen LogP contribution >= 0.6 is 22.9 Å². The minimum Gasteiger partial charge on any atom is -0.491 e. The van der Waals surface area contributed by atoms with Gasteiger partial charge in [-0.2, -0.15) is 0 Å². The second-order valence-corrected chi connectivity index (χ2v) is 8.76. The number of nitrogens with zero attached hydrogens (tertiary/aromatic N) is 2. The number of amides is 2. The standard InChI is InChI=1S/C22H27ClN2O3S/c1-4-15(2)25(16(3)26)13-22(27)24-11-9-21-19(10-12-29-21)20(24)14-28-18-7-5-17(23)6-8-18/h5-8,10,12,15,20H,4,9,11,13-14H2,1-3H3. The summed E-state index contributed by atoms with van der Waals surface area (Å²) in [5, 5.41) is 2.72. The van der Waals surface area contributed by atoms with Crippen LogP contribution < -0.4 is 4.74 Å². The van der Waals surface area contributed by atoms with Crippen molar-refractivity contribution in [3.05, 3.63) is 51.2 Å². The predicted molar refractivity (Wildman–Crippen MR) is 117 cm³/mol. The number of hydrogen-bond donors (Lipinski definition) is 0. The lowest BCUT2D eigenvalue weighted by molar-refractivity contribution is -0.143. The highest BCUT2D eigenvalue weighted by Crippen LogP contribution is 2.34. The van der Waals surface area contributed by atoms with E-state index in [0.717, 1.165) is 18.4 Å². The SMILES string of the molecule is CCC(C)N(CC(=O)N1CCc2sccc2C1COc1ccc(Cl)cc1)C(C)=O. The zero-order chi connectivity index (χ0) is 21.0. The maximum absolute atomic E-state index is 13.2. The molecule has 0 spiro atoms. The first-order chi connectivity index (χ1) is 13.9. The Morgan fingerprint density at radius 2 is 2.03 bits per heavy atom. The van der Waals surface area contributed by atoms with Gasteiger partial charge in [0.2, 0.25) is 11.8 Å². The molecule has 2 amide bonds. The van der Waals surface area contributed by atoms with E-state index in [1.807, 2.05) is 30.9 Å². The normalized spacial score (nSPS) is 16.8. The molecule has 0 radical (unpaired) electrons. The lowest BCUT2D eigenvalue weighted by Gasteiger charge is -2.37.